The van der Waals surface area contributed by atoms with Gasteiger partial charge in [-0.05, 0) is 25.1 Å². The van der Waals surface area contributed by atoms with Crippen LogP contribution in [-0.2, 0) is 14.4 Å². The van der Waals surface area contributed by atoms with Crippen LogP contribution in [0.15, 0.2) is 18.2 Å². The van der Waals surface area contributed by atoms with Crippen molar-refractivity contribution in [1.82, 2.24) is 0 Å². The topological polar surface area (TPSA) is 72.9 Å². The summed E-state index contributed by atoms with van der Waals surface area (Å²) in [6.07, 6.45) is -0.117. The number of anilines is 1. The number of ether oxygens (including phenoxy) is 1. The van der Waals surface area contributed by atoms with E-state index in [4.69, 9.17) is 9.57 Å². The molecule has 6 nitrogen and oxygen atoms in total. The van der Waals surface area contributed by atoms with E-state index in [1.54, 1.807) is 19.1 Å². The van der Waals surface area contributed by atoms with E-state index in [9.17, 15) is 14.4 Å². The van der Waals surface area contributed by atoms with Crippen molar-refractivity contribution in [2.24, 2.45) is 0 Å². The minimum absolute atomic E-state index is 0.248. The molecule has 94 valence electrons. The summed E-state index contributed by atoms with van der Waals surface area (Å²) in [5, 5.41) is 0.860. The zero-order chi connectivity index (χ0) is 13.3. The number of carbonyl (C=O) groups is 3. The van der Waals surface area contributed by atoms with E-state index >= 15 is 0 Å². The molecule has 0 aromatic heterocycles. The number of aldehydes is 1. The Labute approximate surface area is 103 Å². The Bertz CT molecular complexity index is 525. The van der Waals surface area contributed by atoms with Crippen LogP contribution in [0.1, 0.15) is 24.2 Å². The lowest BCUT2D eigenvalue weighted by Crippen LogP contribution is -2.45. The lowest BCUT2D eigenvalue weighted by molar-refractivity contribution is -0.151. The van der Waals surface area contributed by atoms with E-state index in [2.05, 4.69) is 0 Å². The van der Waals surface area contributed by atoms with Gasteiger partial charge in [0.25, 0.3) is 0 Å². The monoisotopic (exact) mass is 249 g/mol. The second kappa shape index (κ2) is 4.48. The van der Waals surface area contributed by atoms with Crippen LogP contribution in [0.25, 0.3) is 0 Å². The number of hydrogen-bond acceptors (Lipinski definition) is 5. The Kier molecular flexibility index (Phi) is 3.01. The van der Waals surface area contributed by atoms with Crippen molar-refractivity contribution >= 4 is 23.9 Å². The maximum absolute atomic E-state index is 11.9. The Hall–Kier alpha value is -2.37. The van der Waals surface area contributed by atoms with E-state index in [1.807, 2.05) is 0 Å². The standard InChI is InChI=1S/C12H11NO5/c1-7-12(16)13(18-8(2)15)10-5-9(6-14)3-4-11(10)17-7/h3-7H,1-2H3. The number of hydrogen-bond donors (Lipinski definition) is 0. The second-order valence-electron chi connectivity index (χ2n) is 3.82. The smallest absolute Gasteiger partial charge is 0.330 e. The average molecular weight is 249 g/mol. The highest BCUT2D eigenvalue weighted by Gasteiger charge is 2.34. The van der Waals surface area contributed by atoms with Gasteiger partial charge in [-0.15, -0.1) is 5.06 Å². The van der Waals surface area contributed by atoms with Gasteiger partial charge >= 0.3 is 11.9 Å². The Morgan fingerprint density at radius 2 is 2.22 bits per heavy atom. The zero-order valence-corrected chi connectivity index (χ0v) is 9.88. The van der Waals surface area contributed by atoms with E-state index in [1.165, 1.54) is 13.0 Å². The maximum atomic E-state index is 11.9. The molecule has 0 aliphatic carbocycles. The van der Waals surface area contributed by atoms with E-state index in [0.29, 0.717) is 17.6 Å². The van der Waals surface area contributed by atoms with E-state index in [-0.39, 0.29) is 5.69 Å². The van der Waals surface area contributed by atoms with Crippen molar-refractivity contribution < 1.29 is 24.0 Å². The molecule has 1 aromatic rings. The first-order valence-corrected chi connectivity index (χ1v) is 5.31. The number of hydroxylamine groups is 1. The van der Waals surface area contributed by atoms with Crippen LogP contribution in [-0.4, -0.2) is 24.3 Å². The first kappa shape index (κ1) is 12.1. The Balaban J connectivity index is 2.49. The van der Waals surface area contributed by atoms with Gasteiger partial charge in [-0.25, -0.2) is 4.79 Å². The summed E-state index contributed by atoms with van der Waals surface area (Å²) in [5.74, 6) is -0.741. The Morgan fingerprint density at radius 1 is 1.50 bits per heavy atom. The quantitative estimate of drug-likeness (QED) is 0.733. The fourth-order valence-electron chi connectivity index (χ4n) is 1.61. The molecule has 0 N–H and O–H groups in total. The molecule has 0 bridgehead atoms. The molecular weight excluding hydrogens is 238 g/mol. The molecule has 1 heterocycles. The highest BCUT2D eigenvalue weighted by atomic mass is 16.7. The third-order valence-electron chi connectivity index (χ3n) is 2.41. The van der Waals surface area contributed by atoms with Crippen molar-refractivity contribution in [1.29, 1.82) is 0 Å². The summed E-state index contributed by atoms with van der Waals surface area (Å²) in [5.41, 5.74) is 0.606. The number of nitrogens with zero attached hydrogens (tertiary/aromatic N) is 1. The number of amides is 1. The first-order chi connectivity index (χ1) is 8.52. The van der Waals surface area contributed by atoms with Crippen LogP contribution in [0.2, 0.25) is 0 Å². The molecule has 1 aliphatic heterocycles. The molecule has 1 unspecified atom stereocenters. The van der Waals surface area contributed by atoms with Gasteiger partial charge in [-0.2, -0.15) is 0 Å². The number of fused-ring (bicyclic) bond motifs is 1. The summed E-state index contributed by atoms with van der Waals surface area (Å²) in [4.78, 5) is 38.4. The van der Waals surface area contributed by atoms with Gasteiger partial charge in [0.1, 0.15) is 17.7 Å². The predicted molar refractivity (Wildman–Crippen MR) is 61.2 cm³/mol. The summed E-state index contributed by atoms with van der Waals surface area (Å²) in [6, 6.07) is 4.54. The third kappa shape index (κ3) is 2.04. The Morgan fingerprint density at radius 3 is 2.83 bits per heavy atom. The second-order valence-corrected chi connectivity index (χ2v) is 3.82. The molecule has 1 aliphatic rings. The van der Waals surface area contributed by atoms with Crippen LogP contribution in [0.5, 0.6) is 5.75 Å². The van der Waals surface area contributed by atoms with Gasteiger partial charge in [-0.1, -0.05) is 0 Å². The SMILES string of the molecule is CC(=O)ON1C(=O)C(C)Oc2ccc(C=O)cc21. The van der Waals surface area contributed by atoms with Crippen molar-refractivity contribution in [3.63, 3.8) is 0 Å². The van der Waals surface area contributed by atoms with Crippen molar-refractivity contribution in [3.05, 3.63) is 23.8 Å². The lowest BCUT2D eigenvalue weighted by Gasteiger charge is -2.30. The average Bonchev–Trinajstić information content (AvgIpc) is 2.34. The van der Waals surface area contributed by atoms with Crippen molar-refractivity contribution in [2.75, 3.05) is 5.06 Å². The molecule has 1 atom stereocenters. The lowest BCUT2D eigenvalue weighted by atomic mass is 10.1. The van der Waals surface area contributed by atoms with Gasteiger partial charge in [0, 0.05) is 12.5 Å². The van der Waals surface area contributed by atoms with Gasteiger partial charge < -0.3 is 9.57 Å². The molecular formula is C12H11NO5. The van der Waals surface area contributed by atoms with Crippen LogP contribution < -0.4 is 9.80 Å². The minimum atomic E-state index is -0.751. The molecule has 0 radical (unpaired) electrons. The molecule has 1 amide bonds. The van der Waals surface area contributed by atoms with E-state index < -0.39 is 18.0 Å². The zero-order valence-electron chi connectivity index (χ0n) is 9.88. The van der Waals surface area contributed by atoms with Gasteiger partial charge in [-0.3, -0.25) is 9.59 Å². The predicted octanol–water partition coefficient (Wildman–Crippen LogP) is 1.09. The van der Waals surface area contributed by atoms with Crippen LogP contribution in [0, 0.1) is 0 Å². The van der Waals surface area contributed by atoms with Crippen LogP contribution >= 0.6 is 0 Å². The molecule has 2 rings (SSSR count). The fourth-order valence-corrected chi connectivity index (χ4v) is 1.61. The molecule has 0 saturated carbocycles. The normalized spacial score (nSPS) is 17.8. The molecule has 1 aromatic carbocycles. The minimum Gasteiger partial charge on any atom is -0.478 e. The van der Waals surface area contributed by atoms with Crippen molar-refractivity contribution in [3.8, 4) is 5.75 Å². The molecule has 0 spiro atoms. The summed E-state index contributed by atoms with van der Waals surface area (Å²) in [6.45, 7) is 2.74. The molecule has 0 saturated heterocycles. The van der Waals surface area contributed by atoms with Crippen LogP contribution in [0.4, 0.5) is 5.69 Å². The first-order valence-electron chi connectivity index (χ1n) is 5.31. The highest BCUT2D eigenvalue weighted by molar-refractivity contribution is 6.00. The molecule has 18 heavy (non-hydrogen) atoms. The van der Waals surface area contributed by atoms with Gasteiger partial charge in [0.15, 0.2) is 6.10 Å². The van der Waals surface area contributed by atoms with Crippen LogP contribution in [0.3, 0.4) is 0 Å². The third-order valence-corrected chi connectivity index (χ3v) is 2.41. The van der Waals surface area contributed by atoms with E-state index in [0.717, 1.165) is 5.06 Å². The molecule has 0 fully saturated rings. The molecule has 6 heteroatoms. The highest BCUT2D eigenvalue weighted by Crippen LogP contribution is 2.34. The summed E-state index contributed by atoms with van der Waals surface area (Å²) >= 11 is 0. The summed E-state index contributed by atoms with van der Waals surface area (Å²) < 4.78 is 5.36. The summed E-state index contributed by atoms with van der Waals surface area (Å²) in [7, 11) is 0. The van der Waals surface area contributed by atoms with Gasteiger partial charge in [0.2, 0.25) is 0 Å². The largest absolute Gasteiger partial charge is 0.478 e. The number of carbonyl (C=O) groups excluding carboxylic acids is 3. The van der Waals surface area contributed by atoms with Crippen molar-refractivity contribution in [2.45, 2.75) is 20.0 Å². The fraction of sp³-hybridized carbons (Fsp3) is 0.250. The van der Waals surface area contributed by atoms with Gasteiger partial charge in [0.05, 0.1) is 0 Å². The number of benzene rings is 1. The number of rotatable bonds is 2. The maximum Gasteiger partial charge on any atom is 0.330 e.